The Labute approximate surface area is 123 Å². The quantitative estimate of drug-likeness (QED) is 0.873. The molecule has 5 nitrogen and oxygen atoms in total. The Bertz CT molecular complexity index is 747. The summed E-state index contributed by atoms with van der Waals surface area (Å²) in [5.74, 6) is 0. The van der Waals surface area contributed by atoms with Crippen LogP contribution in [0.4, 0.5) is 0 Å². The SMILES string of the molecule is Cc1cc2cccc(S(=O)(=O)N(C)CCN)c2nc1Cl. The van der Waals surface area contributed by atoms with E-state index in [2.05, 4.69) is 4.98 Å². The summed E-state index contributed by atoms with van der Waals surface area (Å²) in [5.41, 5.74) is 6.61. The van der Waals surface area contributed by atoms with Crippen LogP contribution in [0.1, 0.15) is 5.56 Å². The van der Waals surface area contributed by atoms with Gasteiger partial charge in [0.05, 0.1) is 5.52 Å². The highest BCUT2D eigenvalue weighted by Gasteiger charge is 2.23. The van der Waals surface area contributed by atoms with Crippen molar-refractivity contribution in [3.63, 3.8) is 0 Å². The van der Waals surface area contributed by atoms with Crippen molar-refractivity contribution in [2.45, 2.75) is 11.8 Å². The van der Waals surface area contributed by atoms with Gasteiger partial charge in [-0.15, -0.1) is 0 Å². The summed E-state index contributed by atoms with van der Waals surface area (Å²) >= 11 is 6.01. The van der Waals surface area contributed by atoms with Crippen LogP contribution < -0.4 is 5.73 Å². The Morgan fingerprint density at radius 1 is 1.40 bits per heavy atom. The lowest BCUT2D eigenvalue weighted by atomic mass is 10.2. The molecule has 1 heterocycles. The fourth-order valence-electron chi connectivity index (χ4n) is 1.93. The van der Waals surface area contributed by atoms with E-state index in [-0.39, 0.29) is 18.0 Å². The van der Waals surface area contributed by atoms with Crippen molar-refractivity contribution in [2.75, 3.05) is 20.1 Å². The Morgan fingerprint density at radius 3 is 2.75 bits per heavy atom. The zero-order valence-corrected chi connectivity index (χ0v) is 12.9. The van der Waals surface area contributed by atoms with Crippen molar-refractivity contribution < 1.29 is 8.42 Å². The molecule has 0 fully saturated rings. The van der Waals surface area contributed by atoms with E-state index in [4.69, 9.17) is 17.3 Å². The molecule has 0 aliphatic heterocycles. The number of aromatic nitrogens is 1. The Kier molecular flexibility index (Phi) is 4.29. The molecule has 0 spiro atoms. The topological polar surface area (TPSA) is 76.3 Å². The van der Waals surface area contributed by atoms with Crippen molar-refractivity contribution in [2.24, 2.45) is 5.73 Å². The van der Waals surface area contributed by atoms with E-state index < -0.39 is 10.0 Å². The molecule has 0 amide bonds. The first-order valence-corrected chi connectivity index (χ1v) is 7.92. The molecule has 0 unspecified atom stereocenters. The molecule has 108 valence electrons. The van der Waals surface area contributed by atoms with Gasteiger partial charge in [-0.2, -0.15) is 4.31 Å². The number of aryl methyl sites for hydroxylation is 1. The number of halogens is 1. The second kappa shape index (κ2) is 5.65. The van der Waals surface area contributed by atoms with Gasteiger partial charge in [-0.3, -0.25) is 0 Å². The van der Waals surface area contributed by atoms with Gasteiger partial charge in [0.2, 0.25) is 10.0 Å². The molecule has 7 heteroatoms. The molecular formula is C13H16ClN3O2S. The predicted octanol–water partition coefficient (Wildman–Crippen LogP) is 1.78. The number of hydrogen-bond donors (Lipinski definition) is 1. The monoisotopic (exact) mass is 313 g/mol. The molecule has 1 aromatic heterocycles. The summed E-state index contributed by atoms with van der Waals surface area (Å²) in [5, 5.41) is 1.05. The van der Waals surface area contributed by atoms with Crippen LogP contribution in [0.2, 0.25) is 5.15 Å². The van der Waals surface area contributed by atoms with Gasteiger partial charge in [-0.25, -0.2) is 13.4 Å². The number of likely N-dealkylation sites (N-methyl/N-ethyl adjacent to an activating group) is 1. The van der Waals surface area contributed by atoms with E-state index in [0.717, 1.165) is 10.9 Å². The number of nitrogens with two attached hydrogens (primary N) is 1. The minimum Gasteiger partial charge on any atom is -0.329 e. The lowest BCUT2D eigenvalue weighted by molar-refractivity contribution is 0.477. The molecule has 0 saturated heterocycles. The fraction of sp³-hybridized carbons (Fsp3) is 0.308. The predicted molar refractivity (Wildman–Crippen MR) is 80.4 cm³/mol. The third-order valence-corrected chi connectivity index (χ3v) is 5.34. The number of rotatable bonds is 4. The number of hydrogen-bond acceptors (Lipinski definition) is 4. The fourth-order valence-corrected chi connectivity index (χ4v) is 3.41. The number of nitrogens with zero attached hydrogens (tertiary/aromatic N) is 2. The van der Waals surface area contributed by atoms with E-state index in [1.807, 2.05) is 19.1 Å². The highest BCUT2D eigenvalue weighted by molar-refractivity contribution is 7.89. The summed E-state index contributed by atoms with van der Waals surface area (Å²) in [4.78, 5) is 4.36. The molecule has 2 N–H and O–H groups in total. The molecular weight excluding hydrogens is 298 g/mol. The lowest BCUT2D eigenvalue weighted by Crippen LogP contribution is -2.32. The first kappa shape index (κ1) is 15.2. The smallest absolute Gasteiger partial charge is 0.245 e. The van der Waals surface area contributed by atoms with E-state index >= 15 is 0 Å². The molecule has 0 saturated carbocycles. The van der Waals surface area contributed by atoms with E-state index in [0.29, 0.717) is 10.7 Å². The Hall–Kier alpha value is -1.21. The van der Waals surface area contributed by atoms with Crippen LogP contribution in [-0.4, -0.2) is 37.8 Å². The van der Waals surface area contributed by atoms with Crippen LogP contribution >= 0.6 is 11.6 Å². The summed E-state index contributed by atoms with van der Waals surface area (Å²) in [6, 6.07) is 6.87. The highest BCUT2D eigenvalue weighted by atomic mass is 35.5. The number of benzene rings is 1. The first-order valence-electron chi connectivity index (χ1n) is 6.10. The van der Waals surface area contributed by atoms with Crippen LogP contribution in [0.15, 0.2) is 29.2 Å². The maximum Gasteiger partial charge on any atom is 0.245 e. The highest BCUT2D eigenvalue weighted by Crippen LogP contribution is 2.26. The van der Waals surface area contributed by atoms with Crippen molar-refractivity contribution in [3.05, 3.63) is 35.0 Å². The molecule has 2 aromatic rings. The van der Waals surface area contributed by atoms with Crippen LogP contribution in [0, 0.1) is 6.92 Å². The second-order valence-electron chi connectivity index (χ2n) is 4.54. The second-order valence-corrected chi connectivity index (χ2v) is 6.91. The molecule has 2 rings (SSSR count). The maximum atomic E-state index is 12.5. The summed E-state index contributed by atoms with van der Waals surface area (Å²) in [6.45, 7) is 2.34. The minimum atomic E-state index is -3.63. The van der Waals surface area contributed by atoms with Crippen LogP contribution in [0.5, 0.6) is 0 Å². The summed E-state index contributed by atoms with van der Waals surface area (Å²) in [6.07, 6.45) is 0. The lowest BCUT2D eigenvalue weighted by Gasteiger charge is -2.17. The maximum absolute atomic E-state index is 12.5. The van der Waals surface area contributed by atoms with Crippen molar-refractivity contribution in [3.8, 4) is 0 Å². The normalized spacial score (nSPS) is 12.2. The Morgan fingerprint density at radius 2 is 2.10 bits per heavy atom. The average molecular weight is 314 g/mol. The molecule has 0 atom stereocenters. The third-order valence-electron chi connectivity index (χ3n) is 3.07. The van der Waals surface area contributed by atoms with Gasteiger partial charge in [0, 0.05) is 25.5 Å². The van der Waals surface area contributed by atoms with Gasteiger partial charge >= 0.3 is 0 Å². The van der Waals surface area contributed by atoms with Crippen molar-refractivity contribution in [1.29, 1.82) is 0 Å². The van der Waals surface area contributed by atoms with Gasteiger partial charge in [0.25, 0.3) is 0 Å². The molecule has 0 bridgehead atoms. The van der Waals surface area contributed by atoms with E-state index in [1.165, 1.54) is 17.4 Å². The van der Waals surface area contributed by atoms with Gasteiger partial charge in [0.1, 0.15) is 10.0 Å². The third kappa shape index (κ3) is 2.64. The minimum absolute atomic E-state index is 0.146. The van der Waals surface area contributed by atoms with Crippen molar-refractivity contribution >= 4 is 32.5 Å². The largest absolute Gasteiger partial charge is 0.329 e. The average Bonchev–Trinajstić information content (AvgIpc) is 2.39. The van der Waals surface area contributed by atoms with E-state index in [9.17, 15) is 8.42 Å². The number of sulfonamides is 1. The Balaban J connectivity index is 2.69. The van der Waals surface area contributed by atoms with Crippen LogP contribution in [0.25, 0.3) is 10.9 Å². The molecule has 0 aliphatic rings. The van der Waals surface area contributed by atoms with Crippen LogP contribution in [0.3, 0.4) is 0 Å². The van der Waals surface area contributed by atoms with Gasteiger partial charge in [-0.05, 0) is 24.6 Å². The van der Waals surface area contributed by atoms with Crippen molar-refractivity contribution in [1.82, 2.24) is 9.29 Å². The van der Waals surface area contributed by atoms with Gasteiger partial charge in [0.15, 0.2) is 0 Å². The first-order chi connectivity index (χ1) is 9.37. The molecule has 20 heavy (non-hydrogen) atoms. The zero-order chi connectivity index (χ0) is 14.9. The standard InChI is InChI=1S/C13H16ClN3O2S/c1-9-8-10-4-3-5-11(12(10)16-13(9)14)20(18,19)17(2)7-6-15/h3-5,8H,6-7,15H2,1-2H3. The molecule has 1 aromatic carbocycles. The number of para-hydroxylation sites is 1. The van der Waals surface area contributed by atoms with Crippen LogP contribution in [-0.2, 0) is 10.0 Å². The summed E-state index contributed by atoms with van der Waals surface area (Å²) < 4.78 is 26.3. The van der Waals surface area contributed by atoms with Gasteiger partial charge in [-0.1, -0.05) is 23.7 Å². The molecule has 0 aliphatic carbocycles. The number of fused-ring (bicyclic) bond motifs is 1. The summed E-state index contributed by atoms with van der Waals surface area (Å²) in [7, 11) is -2.13. The number of pyridine rings is 1. The zero-order valence-electron chi connectivity index (χ0n) is 11.3. The van der Waals surface area contributed by atoms with Gasteiger partial charge < -0.3 is 5.73 Å². The van der Waals surface area contributed by atoms with E-state index in [1.54, 1.807) is 6.07 Å². The molecule has 0 radical (unpaired) electrons.